The van der Waals surface area contributed by atoms with E-state index in [2.05, 4.69) is 39.8 Å². The van der Waals surface area contributed by atoms with Crippen LogP contribution in [-0.4, -0.2) is 139 Å². The summed E-state index contributed by atoms with van der Waals surface area (Å²) < 4.78 is 63.5. The molecule has 1 spiro atoms. The van der Waals surface area contributed by atoms with Crippen LogP contribution in [0.1, 0.15) is 87.5 Å². The molecule has 7 rings (SSSR count). The molecular weight excluding hydrogens is 789 g/mol. The van der Waals surface area contributed by atoms with Gasteiger partial charge in [-0.25, -0.2) is 0 Å². The van der Waals surface area contributed by atoms with Crippen LogP contribution < -0.4 is 0 Å². The van der Waals surface area contributed by atoms with Crippen molar-refractivity contribution < 1.29 is 67.5 Å². The summed E-state index contributed by atoms with van der Waals surface area (Å²) in [6, 6.07) is 0. The maximum absolute atomic E-state index is 14.3. The average molecular weight is 859 g/mol. The van der Waals surface area contributed by atoms with Gasteiger partial charge in [0.05, 0.1) is 49.3 Å². The lowest BCUT2D eigenvalue weighted by molar-refractivity contribution is -0.318. The number of aliphatic hydroxyl groups is 3. The Morgan fingerprint density at radius 1 is 0.852 bits per heavy atom. The molecule has 0 aromatic heterocycles. The summed E-state index contributed by atoms with van der Waals surface area (Å²) in [5.41, 5.74) is 0.129. The third-order valence-electron chi connectivity index (χ3n) is 14.0. The van der Waals surface area contributed by atoms with Gasteiger partial charge in [0.15, 0.2) is 18.4 Å². The highest BCUT2D eigenvalue weighted by atomic mass is 16.7. The smallest absolute Gasteiger partial charge is 0.316 e. The molecule has 61 heavy (non-hydrogen) atoms. The maximum Gasteiger partial charge on any atom is 0.316 e. The molecule has 2 unspecified atom stereocenters. The van der Waals surface area contributed by atoms with Crippen LogP contribution in [0, 0.1) is 23.7 Å². The highest BCUT2D eigenvalue weighted by molar-refractivity contribution is 5.78. The van der Waals surface area contributed by atoms with Gasteiger partial charge in [-0.2, -0.15) is 0 Å². The third-order valence-corrected chi connectivity index (χ3v) is 14.0. The Balaban J connectivity index is 1.18. The third kappa shape index (κ3) is 9.58. The van der Waals surface area contributed by atoms with Crippen LogP contribution in [0.2, 0.25) is 0 Å². The Bertz CT molecular complexity index is 1710. The first kappa shape index (κ1) is 46.7. The second-order valence-corrected chi connectivity index (χ2v) is 18.8. The summed E-state index contributed by atoms with van der Waals surface area (Å²) in [5.74, 6) is -2.62. The van der Waals surface area contributed by atoms with Crippen LogP contribution in [0.4, 0.5) is 0 Å². The predicted octanol–water partition coefficient (Wildman–Crippen LogP) is 4.99. The minimum absolute atomic E-state index is 0.0313. The maximum atomic E-state index is 14.3. The largest absolute Gasteiger partial charge is 0.462 e. The molecule has 0 aromatic carbocycles. The van der Waals surface area contributed by atoms with E-state index in [1.807, 2.05) is 32.1 Å². The molecule has 0 saturated carbocycles. The molecule has 14 nitrogen and oxygen atoms in total. The first-order chi connectivity index (χ1) is 29.0. The van der Waals surface area contributed by atoms with Crippen molar-refractivity contribution in [3.63, 3.8) is 0 Å². The number of fused-ring (bicyclic) bond motifs is 2. The van der Waals surface area contributed by atoms with Crippen LogP contribution in [-0.2, 0) is 52.2 Å². The minimum Gasteiger partial charge on any atom is -0.462 e. The van der Waals surface area contributed by atoms with E-state index in [-0.39, 0.29) is 42.7 Å². The first-order valence-electron chi connectivity index (χ1n) is 22.3. The number of ether oxygens (including phenoxy) is 10. The van der Waals surface area contributed by atoms with E-state index in [1.54, 1.807) is 40.2 Å². The SMILES string of the molecule is CO[C@H]1C[C@H](O[C@H]2[C@H](C)O[C@@H](OC3/C(C)=C/CC4C[C@@H](C[C@]5(C=C[C@H](C)[C@@H](C(C)C)O5)O4)OC(=O)[C@@H]4C=C(C)[C@@H](O)[C@H]5OC/C(=C/C=C/[C@@H]3C)[C@]54O)C[C@@H]2OC)O[C@@H](C)[C@@H]1O. The van der Waals surface area contributed by atoms with Gasteiger partial charge in [0.2, 0.25) is 0 Å². The van der Waals surface area contributed by atoms with Gasteiger partial charge in [-0.3, -0.25) is 4.79 Å². The van der Waals surface area contributed by atoms with Crippen LogP contribution in [0.15, 0.2) is 59.3 Å². The van der Waals surface area contributed by atoms with Gasteiger partial charge in [0.1, 0.15) is 42.0 Å². The zero-order valence-electron chi connectivity index (χ0n) is 37.5. The lowest BCUT2D eigenvalue weighted by atomic mass is 9.71. The molecule has 1 aliphatic carbocycles. The van der Waals surface area contributed by atoms with Crippen LogP contribution in [0.25, 0.3) is 0 Å². The molecule has 4 fully saturated rings. The van der Waals surface area contributed by atoms with Crippen molar-refractivity contribution in [3.8, 4) is 0 Å². The lowest BCUT2D eigenvalue weighted by Crippen LogP contribution is -2.58. The van der Waals surface area contributed by atoms with Gasteiger partial charge in [0, 0.05) is 51.7 Å². The van der Waals surface area contributed by atoms with Gasteiger partial charge in [-0.05, 0) is 62.8 Å². The molecule has 342 valence electrons. The van der Waals surface area contributed by atoms with E-state index >= 15 is 0 Å². The summed E-state index contributed by atoms with van der Waals surface area (Å²) >= 11 is 0. The van der Waals surface area contributed by atoms with Crippen LogP contribution >= 0.6 is 0 Å². The molecule has 19 atom stereocenters. The van der Waals surface area contributed by atoms with E-state index in [4.69, 9.17) is 47.4 Å². The van der Waals surface area contributed by atoms with Gasteiger partial charge in [0.25, 0.3) is 0 Å². The van der Waals surface area contributed by atoms with Crippen LogP contribution in [0.5, 0.6) is 0 Å². The standard InChI is InChI=1S/C47H70O14/c1-24(2)41-27(5)16-17-46(61-41)22-33-19-32(60-46)15-14-26(4)42(25(3)12-11-13-31-23-54-44-39(48)28(6)18-34(45(50)57-33)47(31,44)51)58-38-21-36(53-10)43(30(8)56-38)59-37-20-35(52-9)40(49)29(7)55-37/h11-14,16-18,24-25,27,29-30,32-44,48-49,51H,15,19-23H2,1-10H3/b12-11+,26-14+,31-13-/t25-,27-,29-,30-,32?,33-,34-,35-,36-,37-,38-,39+,40-,41+,42?,43-,44+,46+,47+/m0/s1. The fraction of sp³-hybridized carbons (Fsp3) is 0.766. The van der Waals surface area contributed by atoms with E-state index in [0.29, 0.717) is 43.3 Å². The van der Waals surface area contributed by atoms with Gasteiger partial charge in [-0.15, -0.1) is 0 Å². The molecule has 14 heteroatoms. The number of allylic oxidation sites excluding steroid dienone is 2. The molecular formula is C47H70O14. The topological polar surface area (TPSA) is 170 Å². The zero-order valence-corrected chi connectivity index (χ0v) is 37.5. The fourth-order valence-electron chi connectivity index (χ4n) is 10.4. The van der Waals surface area contributed by atoms with Crippen molar-refractivity contribution >= 4 is 5.97 Å². The first-order valence-corrected chi connectivity index (χ1v) is 22.3. The van der Waals surface area contributed by atoms with Crippen molar-refractivity contribution in [3.05, 3.63) is 59.3 Å². The monoisotopic (exact) mass is 858 g/mol. The summed E-state index contributed by atoms with van der Waals surface area (Å²) in [5, 5.41) is 34.2. The number of esters is 1. The Morgan fingerprint density at radius 3 is 2.28 bits per heavy atom. The number of rotatable bonds is 7. The molecule has 4 saturated heterocycles. The minimum atomic E-state index is -1.83. The lowest BCUT2D eigenvalue weighted by Gasteiger charge is -2.48. The summed E-state index contributed by atoms with van der Waals surface area (Å²) in [6.45, 7) is 16.0. The van der Waals surface area contributed by atoms with Crippen molar-refractivity contribution in [1.29, 1.82) is 0 Å². The van der Waals surface area contributed by atoms with Crippen molar-refractivity contribution in [1.82, 2.24) is 0 Å². The highest BCUT2D eigenvalue weighted by Gasteiger charge is 2.60. The molecule has 6 heterocycles. The van der Waals surface area contributed by atoms with Gasteiger partial charge >= 0.3 is 5.97 Å². The number of hydrogen-bond acceptors (Lipinski definition) is 14. The molecule has 2 bridgehead atoms. The number of carbonyl (C=O) groups is 1. The molecule has 6 aliphatic heterocycles. The van der Waals surface area contributed by atoms with Crippen LogP contribution in [0.3, 0.4) is 0 Å². The molecule has 3 N–H and O–H groups in total. The number of hydrogen-bond donors (Lipinski definition) is 3. The summed E-state index contributed by atoms with van der Waals surface area (Å²) in [4.78, 5) is 14.3. The second-order valence-electron chi connectivity index (χ2n) is 18.8. The van der Waals surface area contributed by atoms with Gasteiger partial charge in [-0.1, -0.05) is 64.2 Å². The van der Waals surface area contributed by atoms with Crippen molar-refractivity contribution in [2.75, 3.05) is 20.8 Å². The molecule has 0 aromatic rings. The Labute approximate surface area is 361 Å². The number of methoxy groups -OCH3 is 2. The van der Waals surface area contributed by atoms with Crippen molar-refractivity contribution in [2.45, 2.75) is 185 Å². The van der Waals surface area contributed by atoms with Gasteiger partial charge < -0.3 is 62.7 Å². The summed E-state index contributed by atoms with van der Waals surface area (Å²) in [6.07, 6.45) is 7.54. The normalized spacial score (nSPS) is 49.3. The Morgan fingerprint density at radius 2 is 1.56 bits per heavy atom. The average Bonchev–Trinajstić information content (AvgIpc) is 3.56. The predicted molar refractivity (Wildman–Crippen MR) is 223 cm³/mol. The summed E-state index contributed by atoms with van der Waals surface area (Å²) in [7, 11) is 3.22. The molecule has 7 aliphatic rings. The molecule has 0 radical (unpaired) electrons. The van der Waals surface area contributed by atoms with Crippen molar-refractivity contribution in [2.24, 2.45) is 23.7 Å². The second kappa shape index (κ2) is 19.0. The van der Waals surface area contributed by atoms with E-state index in [0.717, 1.165) is 5.57 Å². The quantitative estimate of drug-likeness (QED) is 0.231. The fourth-order valence-corrected chi connectivity index (χ4v) is 10.4. The van der Waals surface area contributed by atoms with E-state index < -0.39 is 90.8 Å². The Hall–Kier alpha value is -2.31. The zero-order chi connectivity index (χ0) is 44.0. The highest BCUT2D eigenvalue weighted by Crippen LogP contribution is 2.47. The molecule has 0 amide bonds. The number of carbonyl (C=O) groups excluding carboxylic acids is 1. The Kier molecular flexibility index (Phi) is 14.6. The van der Waals surface area contributed by atoms with E-state index in [9.17, 15) is 20.1 Å². The number of aliphatic hydroxyl groups excluding tert-OH is 2. The van der Waals surface area contributed by atoms with E-state index in [1.165, 1.54) is 0 Å².